The summed E-state index contributed by atoms with van der Waals surface area (Å²) in [5.41, 5.74) is 0.482. The zero-order valence-corrected chi connectivity index (χ0v) is 16.4. The van der Waals surface area contributed by atoms with Gasteiger partial charge in [-0.15, -0.1) is 4.40 Å². The Bertz CT molecular complexity index is 912. The average molecular weight is 404 g/mol. The molecule has 3 aliphatic rings. The van der Waals surface area contributed by atoms with Crippen LogP contribution >= 0.6 is 0 Å². The second kappa shape index (κ2) is 7.92. The van der Waals surface area contributed by atoms with Crippen LogP contribution in [-0.4, -0.2) is 61.9 Å². The van der Waals surface area contributed by atoms with E-state index in [1.54, 1.807) is 29.5 Å². The summed E-state index contributed by atoms with van der Waals surface area (Å²) >= 11 is 0. The van der Waals surface area contributed by atoms with Crippen molar-refractivity contribution in [2.45, 2.75) is 25.3 Å². The molecule has 28 heavy (non-hydrogen) atoms. The summed E-state index contributed by atoms with van der Waals surface area (Å²) < 4.78 is 32.5. The number of sulfonamides is 1. The number of amides is 1. The van der Waals surface area contributed by atoms with Gasteiger partial charge in [0.1, 0.15) is 11.6 Å². The standard InChI is InChI=1S/C19H24N4O4S/c24-19(15-6-7-18-21-28(25,26)12-10-23(18)14-15)20-13-16(17-5-4-11-27-17)22-8-2-1-3-9-22/h4-7,11,14,16H,1-3,8-10,12-13H2,(H,20,24)/t16-/m1/s1. The molecule has 1 N–H and O–H groups in total. The maximum absolute atomic E-state index is 12.7. The van der Waals surface area contributed by atoms with Crippen LogP contribution in [0.2, 0.25) is 0 Å². The van der Waals surface area contributed by atoms with Gasteiger partial charge < -0.3 is 14.6 Å². The Morgan fingerprint density at radius 2 is 2.04 bits per heavy atom. The highest BCUT2D eigenvalue weighted by atomic mass is 32.2. The molecule has 1 fully saturated rings. The summed E-state index contributed by atoms with van der Waals surface area (Å²) in [5, 5.41) is 3.00. The number of piperidine rings is 1. The van der Waals surface area contributed by atoms with E-state index in [0.717, 1.165) is 31.7 Å². The molecule has 9 heteroatoms. The van der Waals surface area contributed by atoms with Crippen LogP contribution in [-0.2, 0) is 14.8 Å². The molecule has 0 bridgehead atoms. The van der Waals surface area contributed by atoms with E-state index in [-0.39, 0.29) is 17.7 Å². The minimum Gasteiger partial charge on any atom is -0.468 e. The highest BCUT2D eigenvalue weighted by Gasteiger charge is 2.27. The van der Waals surface area contributed by atoms with Gasteiger partial charge in [0.15, 0.2) is 0 Å². The number of fused-ring (bicyclic) bond motifs is 1. The van der Waals surface area contributed by atoms with Crippen LogP contribution in [0.3, 0.4) is 0 Å². The molecule has 8 nitrogen and oxygen atoms in total. The highest BCUT2D eigenvalue weighted by Crippen LogP contribution is 2.25. The molecule has 0 aliphatic carbocycles. The van der Waals surface area contributed by atoms with E-state index in [1.165, 1.54) is 6.42 Å². The molecule has 1 atom stereocenters. The molecule has 1 aromatic rings. The first-order chi connectivity index (χ1) is 13.5. The van der Waals surface area contributed by atoms with Gasteiger partial charge in [-0.1, -0.05) is 6.42 Å². The lowest BCUT2D eigenvalue weighted by Crippen LogP contribution is -2.41. The number of likely N-dealkylation sites (tertiary alicyclic amines) is 1. The lowest BCUT2D eigenvalue weighted by atomic mass is 10.1. The van der Waals surface area contributed by atoms with E-state index in [4.69, 9.17) is 4.42 Å². The fourth-order valence-corrected chi connectivity index (χ4v) is 4.72. The lowest BCUT2D eigenvalue weighted by molar-refractivity contribution is -0.117. The normalized spacial score (nSPS) is 22.8. The highest BCUT2D eigenvalue weighted by molar-refractivity contribution is 7.90. The number of rotatable bonds is 5. The van der Waals surface area contributed by atoms with Gasteiger partial charge in [-0.25, -0.2) is 8.42 Å². The van der Waals surface area contributed by atoms with Crippen molar-refractivity contribution in [2.24, 2.45) is 4.40 Å². The first-order valence-corrected chi connectivity index (χ1v) is 11.2. The number of carbonyl (C=O) groups is 1. The predicted molar refractivity (Wildman–Crippen MR) is 105 cm³/mol. The number of amidine groups is 1. The second-order valence-electron chi connectivity index (χ2n) is 7.18. The van der Waals surface area contributed by atoms with E-state index in [2.05, 4.69) is 14.6 Å². The smallest absolute Gasteiger partial charge is 0.256 e. The van der Waals surface area contributed by atoms with E-state index < -0.39 is 10.0 Å². The van der Waals surface area contributed by atoms with Crippen LogP contribution in [0.15, 0.2) is 51.1 Å². The van der Waals surface area contributed by atoms with Crippen LogP contribution in [0.5, 0.6) is 0 Å². The van der Waals surface area contributed by atoms with E-state index in [0.29, 0.717) is 24.5 Å². The first kappa shape index (κ1) is 18.9. The second-order valence-corrected chi connectivity index (χ2v) is 8.94. The van der Waals surface area contributed by atoms with E-state index in [9.17, 15) is 13.2 Å². The zero-order valence-electron chi connectivity index (χ0n) is 15.6. The predicted octanol–water partition coefficient (Wildman–Crippen LogP) is 1.42. The molecule has 0 spiro atoms. The monoisotopic (exact) mass is 404 g/mol. The minimum absolute atomic E-state index is 0.00433. The summed E-state index contributed by atoms with van der Waals surface area (Å²) in [5.74, 6) is 0.957. The maximum Gasteiger partial charge on any atom is 0.256 e. The Balaban J connectivity index is 1.43. The topological polar surface area (TPSA) is 95.2 Å². The van der Waals surface area contributed by atoms with Gasteiger partial charge in [-0.05, 0) is 50.2 Å². The van der Waals surface area contributed by atoms with Crippen molar-refractivity contribution in [3.05, 3.63) is 48.1 Å². The number of nitrogens with one attached hydrogen (secondary N) is 1. The summed E-state index contributed by atoms with van der Waals surface area (Å²) in [6.07, 6.45) is 10.0. The molecule has 150 valence electrons. The molecular weight excluding hydrogens is 380 g/mol. The Morgan fingerprint density at radius 3 is 2.79 bits per heavy atom. The van der Waals surface area contributed by atoms with Gasteiger partial charge in [-0.3, -0.25) is 9.69 Å². The number of nitrogens with zero attached hydrogens (tertiary/aromatic N) is 3. The fourth-order valence-electron chi connectivity index (χ4n) is 3.75. The third kappa shape index (κ3) is 4.20. The van der Waals surface area contributed by atoms with Crippen LogP contribution in [0.4, 0.5) is 0 Å². The molecule has 0 unspecified atom stereocenters. The van der Waals surface area contributed by atoms with Gasteiger partial charge >= 0.3 is 0 Å². The molecule has 1 amide bonds. The van der Waals surface area contributed by atoms with Crippen molar-refractivity contribution in [1.82, 2.24) is 15.1 Å². The van der Waals surface area contributed by atoms with Gasteiger partial charge in [0.2, 0.25) is 0 Å². The number of carbonyl (C=O) groups excluding carboxylic acids is 1. The molecule has 0 radical (unpaired) electrons. The van der Waals surface area contributed by atoms with E-state index >= 15 is 0 Å². The molecule has 3 aliphatic heterocycles. The lowest BCUT2D eigenvalue weighted by Gasteiger charge is -2.33. The number of hydrogen-bond acceptors (Lipinski definition) is 6. The SMILES string of the molecule is O=C(NC[C@H](c1ccco1)N1CCCCC1)C1=CN2CCS(=O)(=O)N=C2C=C1. The van der Waals surface area contributed by atoms with Gasteiger partial charge in [0, 0.05) is 19.3 Å². The molecular formula is C19H24N4O4S. The van der Waals surface area contributed by atoms with Gasteiger partial charge in [-0.2, -0.15) is 0 Å². The maximum atomic E-state index is 12.7. The molecule has 4 rings (SSSR count). The molecule has 1 aromatic heterocycles. The van der Waals surface area contributed by atoms with Gasteiger partial charge in [0.05, 0.1) is 23.6 Å². The summed E-state index contributed by atoms with van der Waals surface area (Å²) in [7, 11) is -3.40. The first-order valence-electron chi connectivity index (χ1n) is 9.57. The van der Waals surface area contributed by atoms with Crippen molar-refractivity contribution in [3.63, 3.8) is 0 Å². The van der Waals surface area contributed by atoms with Gasteiger partial charge in [0.25, 0.3) is 15.9 Å². The Labute approximate surface area is 164 Å². The third-order valence-corrected chi connectivity index (χ3v) is 6.41. The van der Waals surface area contributed by atoms with Crippen molar-refractivity contribution < 1.29 is 17.6 Å². The molecule has 0 saturated carbocycles. The summed E-state index contributed by atoms with van der Waals surface area (Å²) in [6.45, 7) is 2.73. The molecule has 4 heterocycles. The Hall–Kier alpha value is -2.39. The number of furan rings is 1. The molecule has 1 saturated heterocycles. The summed E-state index contributed by atoms with van der Waals surface area (Å²) in [4.78, 5) is 16.7. The fraction of sp³-hybridized carbons (Fsp3) is 0.474. The Kier molecular flexibility index (Phi) is 5.36. The van der Waals surface area contributed by atoms with Crippen LogP contribution in [0.25, 0.3) is 0 Å². The van der Waals surface area contributed by atoms with Crippen molar-refractivity contribution in [2.75, 3.05) is 31.9 Å². The van der Waals surface area contributed by atoms with Crippen molar-refractivity contribution in [3.8, 4) is 0 Å². The quantitative estimate of drug-likeness (QED) is 0.798. The zero-order chi connectivity index (χ0) is 19.6. The number of hydrogen-bond donors (Lipinski definition) is 1. The largest absolute Gasteiger partial charge is 0.468 e. The van der Waals surface area contributed by atoms with Crippen LogP contribution in [0, 0.1) is 0 Å². The minimum atomic E-state index is -3.40. The van der Waals surface area contributed by atoms with E-state index in [1.807, 2.05) is 12.1 Å². The third-order valence-electron chi connectivity index (χ3n) is 5.25. The van der Waals surface area contributed by atoms with Crippen molar-refractivity contribution in [1.29, 1.82) is 0 Å². The summed E-state index contributed by atoms with van der Waals surface area (Å²) in [6, 6.07) is 3.82. The van der Waals surface area contributed by atoms with Crippen molar-refractivity contribution >= 4 is 21.8 Å². The average Bonchev–Trinajstić information content (AvgIpc) is 3.22. The van der Waals surface area contributed by atoms with Crippen LogP contribution in [0.1, 0.15) is 31.1 Å². The Morgan fingerprint density at radius 1 is 1.21 bits per heavy atom. The molecule has 0 aromatic carbocycles. The van der Waals surface area contributed by atoms with Crippen LogP contribution < -0.4 is 5.32 Å².